The number of aliphatic carboxylic acids is 1. The van der Waals surface area contributed by atoms with Gasteiger partial charge >= 0.3 is 5.97 Å². The number of thiazole rings is 1. The summed E-state index contributed by atoms with van der Waals surface area (Å²) in [6, 6.07) is -0.667. The smallest absolute Gasteiger partial charge is 0.326 e. The van der Waals surface area contributed by atoms with E-state index in [0.717, 1.165) is 28.6 Å². The SMILES string of the molecule is CCSc1nc(CC(=O)N2CCCC[C@H]2C(=O)O)cs1. The molecule has 2 heterocycles. The Morgan fingerprint density at radius 1 is 1.55 bits per heavy atom. The minimum atomic E-state index is -0.904. The van der Waals surface area contributed by atoms with Crippen LogP contribution in [-0.4, -0.2) is 45.2 Å². The average Bonchev–Trinajstić information content (AvgIpc) is 2.86. The predicted molar refractivity (Wildman–Crippen MR) is 79.2 cm³/mol. The Labute approximate surface area is 126 Å². The number of hydrogen-bond acceptors (Lipinski definition) is 5. The lowest BCUT2D eigenvalue weighted by atomic mass is 10.0. The second-order valence-electron chi connectivity index (χ2n) is 4.65. The van der Waals surface area contributed by atoms with Crippen molar-refractivity contribution in [2.45, 2.75) is 43.0 Å². The number of carboxylic acid groups (broad SMARTS) is 1. The molecular formula is C13H18N2O3S2. The van der Waals surface area contributed by atoms with Crippen LogP contribution in [0.2, 0.25) is 0 Å². The van der Waals surface area contributed by atoms with E-state index in [4.69, 9.17) is 0 Å². The summed E-state index contributed by atoms with van der Waals surface area (Å²) in [7, 11) is 0. The van der Waals surface area contributed by atoms with Gasteiger partial charge in [-0.15, -0.1) is 11.3 Å². The van der Waals surface area contributed by atoms with Crippen molar-refractivity contribution >= 4 is 35.0 Å². The second kappa shape index (κ2) is 7.08. The fourth-order valence-electron chi connectivity index (χ4n) is 2.30. The highest BCUT2D eigenvalue weighted by Gasteiger charge is 2.31. The van der Waals surface area contributed by atoms with Crippen LogP contribution in [0.1, 0.15) is 31.9 Å². The molecule has 0 spiro atoms. The minimum absolute atomic E-state index is 0.129. The van der Waals surface area contributed by atoms with Crippen molar-refractivity contribution in [2.24, 2.45) is 0 Å². The monoisotopic (exact) mass is 314 g/mol. The standard InChI is InChI=1S/C13H18N2O3S2/c1-2-19-13-14-9(8-20-13)7-11(16)15-6-4-3-5-10(15)12(17)18/h8,10H,2-7H2,1H3,(H,17,18)/t10-/m0/s1. The van der Waals surface area contributed by atoms with E-state index >= 15 is 0 Å². The van der Waals surface area contributed by atoms with E-state index in [1.54, 1.807) is 11.8 Å². The van der Waals surface area contributed by atoms with E-state index in [1.165, 1.54) is 16.2 Å². The number of aromatic nitrogens is 1. The summed E-state index contributed by atoms with van der Waals surface area (Å²) < 4.78 is 0.962. The zero-order chi connectivity index (χ0) is 14.5. The van der Waals surface area contributed by atoms with Gasteiger partial charge in [0.1, 0.15) is 10.4 Å². The molecule has 0 saturated carbocycles. The number of carbonyl (C=O) groups is 2. The highest BCUT2D eigenvalue weighted by Crippen LogP contribution is 2.23. The number of thioether (sulfide) groups is 1. The zero-order valence-corrected chi connectivity index (χ0v) is 13.0. The Balaban J connectivity index is 2.00. The van der Waals surface area contributed by atoms with Crippen molar-refractivity contribution < 1.29 is 14.7 Å². The van der Waals surface area contributed by atoms with Crippen molar-refractivity contribution in [1.82, 2.24) is 9.88 Å². The van der Waals surface area contributed by atoms with E-state index < -0.39 is 12.0 Å². The summed E-state index contributed by atoms with van der Waals surface area (Å²) in [5.41, 5.74) is 0.741. The molecule has 0 bridgehead atoms. The van der Waals surface area contributed by atoms with Crippen molar-refractivity contribution in [3.63, 3.8) is 0 Å². The van der Waals surface area contributed by atoms with Crippen LogP contribution in [0, 0.1) is 0 Å². The van der Waals surface area contributed by atoms with Gasteiger partial charge in [-0.2, -0.15) is 0 Å². The van der Waals surface area contributed by atoms with Crippen molar-refractivity contribution in [3.8, 4) is 0 Å². The lowest BCUT2D eigenvalue weighted by Crippen LogP contribution is -2.48. The molecule has 20 heavy (non-hydrogen) atoms. The normalized spacial score (nSPS) is 19.1. The first kappa shape index (κ1) is 15.3. The van der Waals surface area contributed by atoms with Crippen LogP contribution < -0.4 is 0 Å². The molecule has 5 nitrogen and oxygen atoms in total. The molecule has 1 aromatic heterocycles. The fraction of sp³-hybridized carbons (Fsp3) is 0.615. The van der Waals surface area contributed by atoms with Crippen LogP contribution >= 0.6 is 23.1 Å². The molecule has 110 valence electrons. The number of hydrogen-bond donors (Lipinski definition) is 1. The number of carbonyl (C=O) groups excluding carboxylic acids is 1. The molecule has 0 radical (unpaired) electrons. The summed E-state index contributed by atoms with van der Waals surface area (Å²) in [5, 5.41) is 11.1. The third kappa shape index (κ3) is 3.73. The maximum absolute atomic E-state index is 12.3. The highest BCUT2D eigenvalue weighted by molar-refractivity contribution is 8.00. The topological polar surface area (TPSA) is 70.5 Å². The summed E-state index contributed by atoms with van der Waals surface area (Å²) in [5.74, 6) is -0.0808. The Bertz CT molecular complexity index is 490. The summed E-state index contributed by atoms with van der Waals surface area (Å²) in [6.07, 6.45) is 2.50. The van der Waals surface area contributed by atoms with Crippen LogP contribution in [0.15, 0.2) is 9.72 Å². The molecule has 0 aliphatic carbocycles. The van der Waals surface area contributed by atoms with Gasteiger partial charge in [0.2, 0.25) is 5.91 Å². The zero-order valence-electron chi connectivity index (χ0n) is 11.4. The Morgan fingerprint density at radius 2 is 2.35 bits per heavy atom. The largest absolute Gasteiger partial charge is 0.480 e. The molecule has 1 atom stereocenters. The van der Waals surface area contributed by atoms with E-state index in [9.17, 15) is 14.7 Å². The van der Waals surface area contributed by atoms with Crippen LogP contribution in [0.3, 0.4) is 0 Å². The summed E-state index contributed by atoms with van der Waals surface area (Å²) >= 11 is 3.19. The van der Waals surface area contributed by atoms with Gasteiger partial charge < -0.3 is 10.0 Å². The first-order chi connectivity index (χ1) is 9.61. The molecule has 1 fully saturated rings. The van der Waals surface area contributed by atoms with Gasteiger partial charge in [-0.05, 0) is 25.0 Å². The van der Waals surface area contributed by atoms with E-state index in [0.29, 0.717) is 13.0 Å². The maximum atomic E-state index is 12.3. The molecule has 1 N–H and O–H groups in total. The Hall–Kier alpha value is -1.08. The van der Waals surface area contributed by atoms with Crippen LogP contribution in [0.25, 0.3) is 0 Å². The number of amides is 1. The number of carboxylic acids is 1. The Morgan fingerprint density at radius 3 is 3.05 bits per heavy atom. The molecular weight excluding hydrogens is 296 g/mol. The first-order valence-corrected chi connectivity index (χ1v) is 8.57. The number of nitrogens with zero attached hydrogens (tertiary/aromatic N) is 2. The number of likely N-dealkylation sites (tertiary alicyclic amines) is 1. The average molecular weight is 314 g/mol. The maximum Gasteiger partial charge on any atom is 0.326 e. The number of rotatable bonds is 5. The van der Waals surface area contributed by atoms with Crippen molar-refractivity contribution in [2.75, 3.05) is 12.3 Å². The van der Waals surface area contributed by atoms with Gasteiger partial charge in [0.15, 0.2) is 0 Å². The van der Waals surface area contributed by atoms with E-state index in [2.05, 4.69) is 11.9 Å². The van der Waals surface area contributed by atoms with Crippen LogP contribution in [0.4, 0.5) is 0 Å². The second-order valence-corrected chi connectivity index (χ2v) is 7.02. The highest BCUT2D eigenvalue weighted by atomic mass is 32.2. The van der Waals surface area contributed by atoms with E-state index in [1.807, 2.05) is 5.38 Å². The Kier molecular flexibility index (Phi) is 5.42. The summed E-state index contributed by atoms with van der Waals surface area (Å²) in [4.78, 5) is 29.4. The van der Waals surface area contributed by atoms with Gasteiger partial charge in [0.05, 0.1) is 12.1 Å². The molecule has 7 heteroatoms. The quantitative estimate of drug-likeness (QED) is 0.844. The van der Waals surface area contributed by atoms with Crippen LogP contribution in [-0.2, 0) is 16.0 Å². The molecule has 1 amide bonds. The molecule has 1 aliphatic rings. The third-order valence-electron chi connectivity index (χ3n) is 3.24. The van der Waals surface area contributed by atoms with Gasteiger partial charge in [-0.25, -0.2) is 9.78 Å². The van der Waals surface area contributed by atoms with Crippen LogP contribution in [0.5, 0.6) is 0 Å². The molecule has 0 aromatic carbocycles. The lowest BCUT2D eigenvalue weighted by molar-refractivity contribution is -0.151. The van der Waals surface area contributed by atoms with Gasteiger partial charge in [0.25, 0.3) is 0 Å². The van der Waals surface area contributed by atoms with Gasteiger partial charge in [-0.3, -0.25) is 4.79 Å². The van der Waals surface area contributed by atoms with E-state index in [-0.39, 0.29) is 12.3 Å². The molecule has 1 aromatic rings. The fourth-order valence-corrected chi connectivity index (χ4v) is 4.04. The predicted octanol–water partition coefficient (Wildman–Crippen LogP) is 2.26. The minimum Gasteiger partial charge on any atom is -0.480 e. The number of piperidine rings is 1. The van der Waals surface area contributed by atoms with Gasteiger partial charge in [-0.1, -0.05) is 18.7 Å². The van der Waals surface area contributed by atoms with Crippen molar-refractivity contribution in [1.29, 1.82) is 0 Å². The molecule has 1 aliphatic heterocycles. The third-order valence-corrected chi connectivity index (χ3v) is 5.19. The first-order valence-electron chi connectivity index (χ1n) is 6.71. The molecule has 2 rings (SSSR count). The summed E-state index contributed by atoms with van der Waals surface area (Å²) in [6.45, 7) is 2.60. The molecule has 0 unspecified atom stereocenters. The van der Waals surface area contributed by atoms with Gasteiger partial charge in [0, 0.05) is 11.9 Å². The molecule has 1 saturated heterocycles. The van der Waals surface area contributed by atoms with Crippen molar-refractivity contribution in [3.05, 3.63) is 11.1 Å². The lowest BCUT2D eigenvalue weighted by Gasteiger charge is -2.32.